The van der Waals surface area contributed by atoms with Crippen LogP contribution in [0.1, 0.15) is 27.0 Å². The third kappa shape index (κ3) is 2.96. The standard InChI is InChI=1S/C19H19NO/c1-15-8-2-4-10-17(15)19(21)18-11-5-3-9-16(18)14-20-12-6-7-13-20/h2-11H,12-14H2,1H3. The molecule has 0 aromatic heterocycles. The van der Waals surface area contributed by atoms with Crippen LogP contribution in [0.2, 0.25) is 0 Å². The summed E-state index contributed by atoms with van der Waals surface area (Å²) in [7, 11) is 0. The topological polar surface area (TPSA) is 20.3 Å². The van der Waals surface area contributed by atoms with Crippen LogP contribution >= 0.6 is 0 Å². The number of nitrogens with zero attached hydrogens (tertiary/aromatic N) is 1. The van der Waals surface area contributed by atoms with Crippen molar-refractivity contribution in [2.24, 2.45) is 0 Å². The average molecular weight is 277 g/mol. The van der Waals surface area contributed by atoms with Gasteiger partial charge in [0.1, 0.15) is 0 Å². The molecule has 1 heterocycles. The Hall–Kier alpha value is -2.19. The maximum absolute atomic E-state index is 12.8. The molecule has 0 fully saturated rings. The quantitative estimate of drug-likeness (QED) is 0.628. The van der Waals surface area contributed by atoms with E-state index in [1.54, 1.807) is 0 Å². The van der Waals surface area contributed by atoms with Crippen molar-refractivity contribution in [2.45, 2.75) is 13.5 Å². The van der Waals surface area contributed by atoms with E-state index in [4.69, 9.17) is 0 Å². The first kappa shape index (κ1) is 13.8. The predicted molar refractivity (Wildman–Crippen MR) is 85.5 cm³/mol. The Bertz CT molecular complexity index is 679. The van der Waals surface area contributed by atoms with Gasteiger partial charge in [-0.25, -0.2) is 0 Å². The Labute approximate surface area is 125 Å². The highest BCUT2D eigenvalue weighted by atomic mass is 16.1. The summed E-state index contributed by atoms with van der Waals surface area (Å²) < 4.78 is 0. The van der Waals surface area contributed by atoms with Gasteiger partial charge in [0.25, 0.3) is 0 Å². The fourth-order valence-corrected chi connectivity index (χ4v) is 2.74. The highest BCUT2D eigenvalue weighted by molar-refractivity contribution is 6.10. The Morgan fingerprint density at radius 1 is 0.952 bits per heavy atom. The molecule has 1 aliphatic rings. The zero-order valence-electron chi connectivity index (χ0n) is 12.3. The predicted octanol–water partition coefficient (Wildman–Crippen LogP) is 3.60. The molecule has 1 aliphatic heterocycles. The fraction of sp³-hybridized carbons (Fsp3) is 0.211. The minimum Gasteiger partial charge on any atom is -0.292 e. The molecule has 21 heavy (non-hydrogen) atoms. The molecule has 0 amide bonds. The van der Waals surface area contributed by atoms with Crippen molar-refractivity contribution in [1.29, 1.82) is 0 Å². The van der Waals surface area contributed by atoms with Crippen LogP contribution < -0.4 is 0 Å². The molecule has 0 radical (unpaired) electrons. The summed E-state index contributed by atoms with van der Waals surface area (Å²) >= 11 is 0. The lowest BCUT2D eigenvalue weighted by atomic mass is 9.95. The Balaban J connectivity index is 1.91. The van der Waals surface area contributed by atoms with E-state index in [9.17, 15) is 4.79 Å². The number of hydrogen-bond acceptors (Lipinski definition) is 2. The van der Waals surface area contributed by atoms with Crippen LogP contribution in [-0.2, 0) is 6.54 Å². The third-order valence-electron chi connectivity index (χ3n) is 3.94. The summed E-state index contributed by atoms with van der Waals surface area (Å²) in [6.45, 7) is 4.74. The van der Waals surface area contributed by atoms with Gasteiger partial charge in [0.2, 0.25) is 0 Å². The molecule has 0 bridgehead atoms. The number of benzene rings is 2. The first-order valence-corrected chi connectivity index (χ1v) is 7.31. The Morgan fingerprint density at radius 3 is 2.29 bits per heavy atom. The maximum atomic E-state index is 12.8. The number of carbonyl (C=O) groups is 1. The molecular formula is C19H19NO. The summed E-state index contributed by atoms with van der Waals surface area (Å²) in [5.74, 6) is 0.121. The largest absolute Gasteiger partial charge is 0.292 e. The van der Waals surface area contributed by atoms with E-state index < -0.39 is 0 Å². The molecular weight excluding hydrogens is 258 g/mol. The van der Waals surface area contributed by atoms with E-state index in [2.05, 4.69) is 23.1 Å². The van der Waals surface area contributed by atoms with Crippen LogP contribution in [0.4, 0.5) is 0 Å². The second kappa shape index (κ2) is 6.06. The molecule has 2 aromatic carbocycles. The van der Waals surface area contributed by atoms with Gasteiger partial charge in [-0.3, -0.25) is 9.69 Å². The smallest absolute Gasteiger partial charge is 0.193 e. The Kier molecular flexibility index (Phi) is 3.98. The van der Waals surface area contributed by atoms with E-state index in [-0.39, 0.29) is 5.78 Å². The molecule has 0 spiro atoms. The highest BCUT2D eigenvalue weighted by Gasteiger charge is 2.16. The second-order valence-corrected chi connectivity index (χ2v) is 5.47. The SMILES string of the molecule is Cc1ccccc1C(=O)c1ccccc1CN1CC=CC1. The van der Waals surface area contributed by atoms with Crippen molar-refractivity contribution in [3.05, 3.63) is 82.9 Å². The van der Waals surface area contributed by atoms with Gasteiger partial charge in [-0.15, -0.1) is 0 Å². The van der Waals surface area contributed by atoms with Crippen LogP contribution in [0.25, 0.3) is 0 Å². The van der Waals surface area contributed by atoms with E-state index in [1.165, 1.54) is 0 Å². The Morgan fingerprint density at radius 2 is 1.57 bits per heavy atom. The third-order valence-corrected chi connectivity index (χ3v) is 3.94. The van der Waals surface area contributed by atoms with Gasteiger partial charge in [-0.1, -0.05) is 60.7 Å². The van der Waals surface area contributed by atoms with Crippen molar-refractivity contribution in [1.82, 2.24) is 4.90 Å². The van der Waals surface area contributed by atoms with Crippen molar-refractivity contribution < 1.29 is 4.79 Å². The van der Waals surface area contributed by atoms with Gasteiger partial charge >= 0.3 is 0 Å². The van der Waals surface area contributed by atoms with Gasteiger partial charge in [-0.05, 0) is 18.1 Å². The average Bonchev–Trinajstić information content (AvgIpc) is 3.01. The minimum absolute atomic E-state index is 0.121. The van der Waals surface area contributed by atoms with Gasteiger partial charge in [0.15, 0.2) is 5.78 Å². The molecule has 0 saturated carbocycles. The van der Waals surface area contributed by atoms with Crippen molar-refractivity contribution in [2.75, 3.05) is 13.1 Å². The summed E-state index contributed by atoms with van der Waals surface area (Å²) in [6.07, 6.45) is 4.34. The number of rotatable bonds is 4. The first-order valence-electron chi connectivity index (χ1n) is 7.31. The number of hydrogen-bond donors (Lipinski definition) is 0. The van der Waals surface area contributed by atoms with Gasteiger partial charge < -0.3 is 0 Å². The summed E-state index contributed by atoms with van der Waals surface area (Å²) in [5.41, 5.74) is 3.75. The maximum Gasteiger partial charge on any atom is 0.193 e. The zero-order valence-corrected chi connectivity index (χ0v) is 12.3. The second-order valence-electron chi connectivity index (χ2n) is 5.47. The lowest BCUT2D eigenvalue weighted by Gasteiger charge is -2.17. The summed E-state index contributed by atoms with van der Waals surface area (Å²) in [5, 5.41) is 0. The molecule has 0 N–H and O–H groups in total. The minimum atomic E-state index is 0.121. The highest BCUT2D eigenvalue weighted by Crippen LogP contribution is 2.19. The molecule has 2 nitrogen and oxygen atoms in total. The number of ketones is 1. The van der Waals surface area contributed by atoms with Crippen LogP contribution in [-0.4, -0.2) is 23.8 Å². The van der Waals surface area contributed by atoms with Gasteiger partial charge in [0, 0.05) is 30.8 Å². The monoisotopic (exact) mass is 277 g/mol. The number of carbonyl (C=O) groups excluding carboxylic acids is 1. The number of aryl methyl sites for hydroxylation is 1. The van der Waals surface area contributed by atoms with Gasteiger partial charge in [0.05, 0.1) is 0 Å². The van der Waals surface area contributed by atoms with Crippen LogP contribution in [0.3, 0.4) is 0 Å². The van der Waals surface area contributed by atoms with Crippen molar-refractivity contribution >= 4 is 5.78 Å². The lowest BCUT2D eigenvalue weighted by Crippen LogP contribution is -2.21. The molecule has 106 valence electrons. The molecule has 3 rings (SSSR count). The molecule has 0 aliphatic carbocycles. The molecule has 0 unspecified atom stereocenters. The normalized spacial score (nSPS) is 14.5. The van der Waals surface area contributed by atoms with E-state index >= 15 is 0 Å². The van der Waals surface area contributed by atoms with Crippen molar-refractivity contribution in [3.63, 3.8) is 0 Å². The summed E-state index contributed by atoms with van der Waals surface area (Å²) in [6, 6.07) is 15.7. The summed E-state index contributed by atoms with van der Waals surface area (Å²) in [4.78, 5) is 15.2. The first-order chi connectivity index (χ1) is 10.3. The van der Waals surface area contributed by atoms with Crippen LogP contribution in [0.5, 0.6) is 0 Å². The fourth-order valence-electron chi connectivity index (χ4n) is 2.74. The molecule has 0 saturated heterocycles. The lowest BCUT2D eigenvalue weighted by molar-refractivity contribution is 0.103. The van der Waals surface area contributed by atoms with Gasteiger partial charge in [-0.2, -0.15) is 0 Å². The molecule has 0 atom stereocenters. The molecule has 2 aromatic rings. The van der Waals surface area contributed by atoms with Crippen LogP contribution in [0.15, 0.2) is 60.7 Å². The van der Waals surface area contributed by atoms with E-state index in [0.29, 0.717) is 0 Å². The van der Waals surface area contributed by atoms with E-state index in [1.807, 2.05) is 49.4 Å². The van der Waals surface area contributed by atoms with E-state index in [0.717, 1.165) is 41.9 Å². The van der Waals surface area contributed by atoms with Crippen molar-refractivity contribution in [3.8, 4) is 0 Å². The van der Waals surface area contributed by atoms with Crippen LogP contribution in [0, 0.1) is 6.92 Å². The zero-order chi connectivity index (χ0) is 14.7. The molecule has 2 heteroatoms.